The zero-order valence-corrected chi connectivity index (χ0v) is 13.5. The van der Waals surface area contributed by atoms with Gasteiger partial charge in [0.1, 0.15) is 11.5 Å². The Kier molecular flexibility index (Phi) is 5.33. The Labute approximate surface area is 136 Å². The van der Waals surface area contributed by atoms with Gasteiger partial charge in [-0.2, -0.15) is 0 Å². The SMILES string of the molecule is C=CC(=O)C(C)Oc1ccc(Oc2ccc(Br)cc2F)cc1. The van der Waals surface area contributed by atoms with Gasteiger partial charge in [0.05, 0.1) is 0 Å². The molecule has 0 aliphatic rings. The number of ketones is 1. The second-order valence-electron chi connectivity index (χ2n) is 4.51. The minimum absolute atomic E-state index is 0.132. The van der Waals surface area contributed by atoms with Gasteiger partial charge in [-0.15, -0.1) is 0 Å². The summed E-state index contributed by atoms with van der Waals surface area (Å²) in [7, 11) is 0. The quantitative estimate of drug-likeness (QED) is 0.683. The number of hydrogen-bond acceptors (Lipinski definition) is 3. The van der Waals surface area contributed by atoms with E-state index in [2.05, 4.69) is 22.5 Å². The van der Waals surface area contributed by atoms with Crippen molar-refractivity contribution >= 4 is 21.7 Å². The lowest BCUT2D eigenvalue weighted by molar-refractivity contribution is -0.120. The van der Waals surface area contributed by atoms with Gasteiger partial charge in [-0.25, -0.2) is 4.39 Å². The molecule has 2 rings (SSSR count). The van der Waals surface area contributed by atoms with Gasteiger partial charge >= 0.3 is 0 Å². The summed E-state index contributed by atoms with van der Waals surface area (Å²) >= 11 is 3.19. The van der Waals surface area contributed by atoms with E-state index in [4.69, 9.17) is 9.47 Å². The van der Waals surface area contributed by atoms with Crippen LogP contribution in [0.4, 0.5) is 4.39 Å². The molecule has 2 aromatic rings. The molecular formula is C17H14BrFO3. The molecule has 114 valence electrons. The molecule has 0 bridgehead atoms. The van der Waals surface area contributed by atoms with Crippen LogP contribution < -0.4 is 9.47 Å². The third-order valence-corrected chi connectivity index (χ3v) is 3.35. The second kappa shape index (κ2) is 7.22. The first-order chi connectivity index (χ1) is 10.5. The lowest BCUT2D eigenvalue weighted by Crippen LogP contribution is -2.21. The monoisotopic (exact) mass is 364 g/mol. The van der Waals surface area contributed by atoms with Crippen LogP contribution in [0.15, 0.2) is 59.6 Å². The molecule has 0 amide bonds. The Morgan fingerprint density at radius 2 is 1.86 bits per heavy atom. The van der Waals surface area contributed by atoms with Gasteiger partial charge in [-0.1, -0.05) is 22.5 Å². The summed E-state index contributed by atoms with van der Waals surface area (Å²) in [6, 6.07) is 11.1. The van der Waals surface area contributed by atoms with E-state index in [1.165, 1.54) is 18.2 Å². The topological polar surface area (TPSA) is 35.5 Å². The molecule has 0 radical (unpaired) electrons. The summed E-state index contributed by atoms with van der Waals surface area (Å²) in [6.07, 6.45) is 0.617. The Hall–Kier alpha value is -2.14. The lowest BCUT2D eigenvalue weighted by Gasteiger charge is -2.12. The normalized spacial score (nSPS) is 11.6. The maximum atomic E-state index is 13.7. The van der Waals surface area contributed by atoms with Crippen molar-refractivity contribution in [3.8, 4) is 17.2 Å². The van der Waals surface area contributed by atoms with Gasteiger partial charge in [0, 0.05) is 4.47 Å². The summed E-state index contributed by atoms with van der Waals surface area (Å²) in [6.45, 7) is 5.05. The van der Waals surface area contributed by atoms with Gasteiger partial charge in [0.25, 0.3) is 0 Å². The zero-order valence-electron chi connectivity index (χ0n) is 11.9. The predicted molar refractivity (Wildman–Crippen MR) is 85.9 cm³/mol. The fraction of sp³-hybridized carbons (Fsp3) is 0.118. The number of ether oxygens (including phenoxy) is 2. The van der Waals surface area contributed by atoms with Crippen LogP contribution in [0.3, 0.4) is 0 Å². The lowest BCUT2D eigenvalue weighted by atomic mass is 10.2. The molecule has 0 aliphatic heterocycles. The van der Waals surface area contributed by atoms with Crippen LogP contribution in [0.1, 0.15) is 6.92 Å². The highest BCUT2D eigenvalue weighted by atomic mass is 79.9. The number of rotatable bonds is 6. The number of halogens is 2. The molecular weight excluding hydrogens is 351 g/mol. The van der Waals surface area contributed by atoms with Crippen LogP contribution in [0.25, 0.3) is 0 Å². The number of carbonyl (C=O) groups excluding carboxylic acids is 1. The van der Waals surface area contributed by atoms with Gasteiger partial charge in [-0.3, -0.25) is 4.79 Å². The Morgan fingerprint density at radius 3 is 2.45 bits per heavy atom. The average Bonchev–Trinajstić information content (AvgIpc) is 2.51. The number of carbonyl (C=O) groups is 1. The molecule has 1 unspecified atom stereocenters. The minimum atomic E-state index is -0.604. The molecule has 2 aromatic carbocycles. The molecule has 22 heavy (non-hydrogen) atoms. The fourth-order valence-electron chi connectivity index (χ4n) is 1.70. The summed E-state index contributed by atoms with van der Waals surface area (Å²) in [5, 5.41) is 0. The molecule has 0 saturated carbocycles. The van der Waals surface area contributed by atoms with Crippen molar-refractivity contribution in [3.63, 3.8) is 0 Å². The first-order valence-corrected chi connectivity index (χ1v) is 7.35. The van der Waals surface area contributed by atoms with Crippen LogP contribution in [0.5, 0.6) is 17.2 Å². The average molecular weight is 365 g/mol. The Balaban J connectivity index is 2.05. The standard InChI is InChI=1S/C17H14BrFO3/c1-3-16(20)11(2)21-13-5-7-14(8-6-13)22-17-9-4-12(18)10-15(17)19/h3-11H,1H2,2H3. The van der Waals surface area contributed by atoms with Crippen molar-refractivity contribution in [1.29, 1.82) is 0 Å². The van der Waals surface area contributed by atoms with Crippen molar-refractivity contribution in [2.24, 2.45) is 0 Å². The maximum absolute atomic E-state index is 13.7. The highest BCUT2D eigenvalue weighted by Gasteiger charge is 2.11. The van der Waals surface area contributed by atoms with Crippen molar-refractivity contribution < 1.29 is 18.7 Å². The van der Waals surface area contributed by atoms with E-state index in [-0.39, 0.29) is 11.5 Å². The van der Waals surface area contributed by atoms with Crippen LogP contribution in [0.2, 0.25) is 0 Å². The van der Waals surface area contributed by atoms with E-state index < -0.39 is 11.9 Å². The van der Waals surface area contributed by atoms with E-state index in [9.17, 15) is 9.18 Å². The third kappa shape index (κ3) is 4.18. The number of benzene rings is 2. The molecule has 0 heterocycles. The van der Waals surface area contributed by atoms with E-state index in [0.717, 1.165) is 0 Å². The van der Waals surface area contributed by atoms with Gasteiger partial charge in [0.2, 0.25) is 0 Å². The van der Waals surface area contributed by atoms with Crippen molar-refractivity contribution in [2.45, 2.75) is 13.0 Å². The van der Waals surface area contributed by atoms with Crippen molar-refractivity contribution in [2.75, 3.05) is 0 Å². The Bertz CT molecular complexity index is 683. The first-order valence-electron chi connectivity index (χ1n) is 6.55. The van der Waals surface area contributed by atoms with E-state index in [0.29, 0.717) is 16.0 Å². The number of hydrogen-bond donors (Lipinski definition) is 0. The van der Waals surface area contributed by atoms with Crippen LogP contribution >= 0.6 is 15.9 Å². The Morgan fingerprint density at radius 1 is 1.23 bits per heavy atom. The largest absolute Gasteiger partial charge is 0.483 e. The van der Waals surface area contributed by atoms with E-state index in [1.54, 1.807) is 37.3 Å². The van der Waals surface area contributed by atoms with Gasteiger partial charge in [-0.05, 0) is 55.5 Å². The van der Waals surface area contributed by atoms with E-state index >= 15 is 0 Å². The van der Waals surface area contributed by atoms with Gasteiger partial charge in [0.15, 0.2) is 23.5 Å². The summed E-state index contributed by atoms with van der Waals surface area (Å²) in [5.41, 5.74) is 0. The molecule has 0 fully saturated rings. The second-order valence-corrected chi connectivity index (χ2v) is 5.43. The highest BCUT2D eigenvalue weighted by Crippen LogP contribution is 2.28. The van der Waals surface area contributed by atoms with Crippen molar-refractivity contribution in [3.05, 3.63) is 65.4 Å². The first kappa shape index (κ1) is 16.2. The van der Waals surface area contributed by atoms with Crippen LogP contribution in [0, 0.1) is 5.82 Å². The van der Waals surface area contributed by atoms with Gasteiger partial charge < -0.3 is 9.47 Å². The molecule has 0 saturated heterocycles. The fourth-order valence-corrected chi connectivity index (χ4v) is 2.03. The maximum Gasteiger partial charge on any atom is 0.195 e. The summed E-state index contributed by atoms with van der Waals surface area (Å²) in [5.74, 6) is 0.465. The molecule has 0 aliphatic carbocycles. The van der Waals surface area contributed by atoms with E-state index in [1.807, 2.05) is 0 Å². The minimum Gasteiger partial charge on any atom is -0.483 e. The summed E-state index contributed by atoms with van der Waals surface area (Å²) < 4.78 is 25.2. The smallest absolute Gasteiger partial charge is 0.195 e. The molecule has 0 aromatic heterocycles. The van der Waals surface area contributed by atoms with Crippen LogP contribution in [-0.4, -0.2) is 11.9 Å². The summed E-state index contributed by atoms with van der Waals surface area (Å²) in [4.78, 5) is 11.4. The zero-order chi connectivity index (χ0) is 16.1. The molecule has 5 heteroatoms. The predicted octanol–water partition coefficient (Wildman–Crippen LogP) is 4.90. The molecule has 0 spiro atoms. The van der Waals surface area contributed by atoms with Crippen LogP contribution in [-0.2, 0) is 4.79 Å². The van der Waals surface area contributed by atoms with Crippen molar-refractivity contribution in [1.82, 2.24) is 0 Å². The molecule has 1 atom stereocenters. The highest BCUT2D eigenvalue weighted by molar-refractivity contribution is 9.10. The molecule has 0 N–H and O–H groups in total. The third-order valence-electron chi connectivity index (χ3n) is 2.86. The molecule has 3 nitrogen and oxygen atoms in total.